The van der Waals surface area contributed by atoms with Crippen molar-refractivity contribution >= 4 is 25.0 Å². The van der Waals surface area contributed by atoms with Gasteiger partial charge >= 0.3 is 13.2 Å². The Morgan fingerprint density at radius 2 is 1.83 bits per heavy atom. The van der Waals surface area contributed by atoms with Crippen LogP contribution in [0.1, 0.15) is 39.0 Å². The molecule has 0 saturated heterocycles. The lowest BCUT2D eigenvalue weighted by atomic mass is 9.78. The van der Waals surface area contributed by atoms with Crippen LogP contribution in [0.25, 0.3) is 0 Å². The average molecular weight is 407 g/mol. The first-order valence-electron chi connectivity index (χ1n) is 9.64. The van der Waals surface area contributed by atoms with Crippen molar-refractivity contribution in [3.05, 3.63) is 36.5 Å². The van der Waals surface area contributed by atoms with Crippen molar-refractivity contribution in [3.63, 3.8) is 0 Å². The molecule has 0 spiro atoms. The van der Waals surface area contributed by atoms with Crippen molar-refractivity contribution in [1.29, 1.82) is 0 Å². The van der Waals surface area contributed by atoms with Gasteiger partial charge in [-0.15, -0.1) is 0 Å². The van der Waals surface area contributed by atoms with Gasteiger partial charge < -0.3 is 30.7 Å². The van der Waals surface area contributed by atoms with Crippen LogP contribution in [-0.4, -0.2) is 54.3 Å². The third kappa shape index (κ3) is 8.97. The van der Waals surface area contributed by atoms with Crippen molar-refractivity contribution < 1.29 is 29.2 Å². The molecule has 1 fully saturated rings. The third-order valence-corrected chi connectivity index (χ3v) is 4.61. The third-order valence-electron chi connectivity index (χ3n) is 4.61. The molecule has 0 aromatic heterocycles. The lowest BCUT2D eigenvalue weighted by Crippen LogP contribution is -2.48. The summed E-state index contributed by atoms with van der Waals surface area (Å²) < 4.78 is 5.13. The molecule has 29 heavy (non-hydrogen) atoms. The fourth-order valence-electron chi connectivity index (χ4n) is 2.95. The van der Waals surface area contributed by atoms with E-state index in [4.69, 9.17) is 4.74 Å². The standard InChI is InChI=1S/C19H30BN3O6/c1-4-15(20(27)28)16(5-2)23-18(25)13(3)22-17(24)11-21-19(26)29-12-14-9-7-6-8-10-14/h4-5,13-14,27-28H,1-2,6-12H2,3H3,(H,21,26)(H,22,24)(H,23,25)/b16-15-. The van der Waals surface area contributed by atoms with E-state index in [2.05, 4.69) is 29.1 Å². The van der Waals surface area contributed by atoms with Gasteiger partial charge in [0.15, 0.2) is 0 Å². The Kier molecular flexibility index (Phi) is 10.8. The van der Waals surface area contributed by atoms with E-state index in [-0.39, 0.29) is 17.7 Å². The molecule has 1 aliphatic rings. The van der Waals surface area contributed by atoms with Crippen molar-refractivity contribution in [2.24, 2.45) is 5.92 Å². The van der Waals surface area contributed by atoms with Gasteiger partial charge in [0, 0.05) is 11.2 Å². The van der Waals surface area contributed by atoms with Crippen molar-refractivity contribution in [2.75, 3.05) is 13.2 Å². The van der Waals surface area contributed by atoms with E-state index in [1.807, 2.05) is 0 Å². The number of amides is 3. The van der Waals surface area contributed by atoms with Crippen LogP contribution in [0.15, 0.2) is 36.5 Å². The topological polar surface area (TPSA) is 137 Å². The summed E-state index contributed by atoms with van der Waals surface area (Å²) in [5.41, 5.74) is 0.0276. The number of alkyl carbamates (subject to hydrolysis) is 1. The summed E-state index contributed by atoms with van der Waals surface area (Å²) in [7, 11) is -1.84. The Bertz CT molecular complexity index is 644. The highest BCUT2D eigenvalue weighted by Gasteiger charge is 2.21. The predicted octanol–water partition coefficient (Wildman–Crippen LogP) is 0.552. The molecule has 1 saturated carbocycles. The average Bonchev–Trinajstić information content (AvgIpc) is 2.70. The van der Waals surface area contributed by atoms with Crippen LogP contribution in [0, 0.1) is 5.92 Å². The molecule has 0 aromatic carbocycles. The van der Waals surface area contributed by atoms with Crippen LogP contribution in [0.4, 0.5) is 4.79 Å². The molecule has 10 heteroatoms. The summed E-state index contributed by atoms with van der Waals surface area (Å²) in [6.45, 7) is 8.38. The van der Waals surface area contributed by atoms with E-state index >= 15 is 0 Å². The van der Waals surface area contributed by atoms with Gasteiger partial charge in [-0.1, -0.05) is 38.5 Å². The molecule has 0 bridgehead atoms. The fraction of sp³-hybridized carbons (Fsp3) is 0.526. The number of hydrogen-bond donors (Lipinski definition) is 5. The number of carbonyl (C=O) groups excluding carboxylic acids is 3. The van der Waals surface area contributed by atoms with E-state index < -0.39 is 31.1 Å². The van der Waals surface area contributed by atoms with Gasteiger partial charge in [-0.05, 0) is 31.8 Å². The normalized spacial score (nSPS) is 16.0. The Hall–Kier alpha value is -2.59. The summed E-state index contributed by atoms with van der Waals surface area (Å²) in [5.74, 6) is -0.803. The molecule has 3 amide bonds. The number of allylic oxidation sites excluding steroid dienone is 3. The molecule has 1 atom stereocenters. The van der Waals surface area contributed by atoms with Gasteiger partial charge in [0.25, 0.3) is 0 Å². The summed E-state index contributed by atoms with van der Waals surface area (Å²) in [4.78, 5) is 35.8. The molecule has 0 aromatic rings. The second-order valence-corrected chi connectivity index (χ2v) is 6.89. The maximum atomic E-state index is 12.2. The summed E-state index contributed by atoms with van der Waals surface area (Å²) >= 11 is 0. The molecule has 1 aliphatic carbocycles. The highest BCUT2D eigenvalue weighted by atomic mass is 16.5. The maximum absolute atomic E-state index is 12.2. The van der Waals surface area contributed by atoms with Crippen LogP contribution in [-0.2, 0) is 14.3 Å². The molecule has 5 N–H and O–H groups in total. The van der Waals surface area contributed by atoms with Gasteiger partial charge in [0.2, 0.25) is 11.8 Å². The van der Waals surface area contributed by atoms with Crippen LogP contribution >= 0.6 is 0 Å². The van der Waals surface area contributed by atoms with Crippen LogP contribution in [0.5, 0.6) is 0 Å². The zero-order chi connectivity index (χ0) is 21.8. The van der Waals surface area contributed by atoms with Crippen molar-refractivity contribution in [3.8, 4) is 0 Å². The Morgan fingerprint density at radius 3 is 2.38 bits per heavy atom. The second kappa shape index (κ2) is 12.8. The molecular weight excluding hydrogens is 377 g/mol. The Morgan fingerprint density at radius 1 is 1.17 bits per heavy atom. The SMILES string of the molecule is C=C/C(NC(=O)C(C)NC(=O)CNC(=O)OCC1CCCCC1)=C(\C=C)B(O)O. The largest absolute Gasteiger partial charge is 0.490 e. The first-order valence-corrected chi connectivity index (χ1v) is 9.64. The minimum absolute atomic E-state index is 0.0331. The van der Waals surface area contributed by atoms with Gasteiger partial charge in [0.1, 0.15) is 12.6 Å². The maximum Gasteiger partial charge on any atom is 0.490 e. The molecule has 160 valence electrons. The Balaban J connectivity index is 2.40. The first-order chi connectivity index (χ1) is 13.8. The number of rotatable bonds is 10. The molecule has 9 nitrogen and oxygen atoms in total. The smallest absolute Gasteiger partial charge is 0.449 e. The van der Waals surface area contributed by atoms with Gasteiger partial charge in [-0.25, -0.2) is 4.79 Å². The van der Waals surface area contributed by atoms with Crippen LogP contribution in [0.3, 0.4) is 0 Å². The zero-order valence-corrected chi connectivity index (χ0v) is 16.8. The Labute approximate surface area is 171 Å². The monoisotopic (exact) mass is 407 g/mol. The van der Waals surface area contributed by atoms with E-state index in [9.17, 15) is 24.4 Å². The van der Waals surface area contributed by atoms with E-state index in [1.54, 1.807) is 0 Å². The van der Waals surface area contributed by atoms with Gasteiger partial charge in [-0.2, -0.15) is 0 Å². The number of nitrogens with one attached hydrogen (secondary N) is 3. The zero-order valence-electron chi connectivity index (χ0n) is 16.8. The van der Waals surface area contributed by atoms with Crippen molar-refractivity contribution in [2.45, 2.75) is 45.1 Å². The van der Waals surface area contributed by atoms with Gasteiger partial charge in [-0.3, -0.25) is 9.59 Å². The molecular formula is C19H30BN3O6. The summed E-state index contributed by atoms with van der Waals surface area (Å²) in [6.07, 6.45) is 7.32. The minimum atomic E-state index is -1.84. The summed E-state index contributed by atoms with van der Waals surface area (Å²) in [6, 6.07) is -0.945. The molecule has 0 heterocycles. The quantitative estimate of drug-likeness (QED) is 0.265. The fourth-order valence-corrected chi connectivity index (χ4v) is 2.95. The lowest BCUT2D eigenvalue weighted by Gasteiger charge is -2.21. The molecule has 1 unspecified atom stereocenters. The minimum Gasteiger partial charge on any atom is -0.449 e. The van der Waals surface area contributed by atoms with E-state index in [0.717, 1.165) is 25.7 Å². The number of ether oxygens (including phenoxy) is 1. The van der Waals surface area contributed by atoms with Crippen LogP contribution in [0.2, 0.25) is 0 Å². The second-order valence-electron chi connectivity index (χ2n) is 6.89. The first kappa shape index (κ1) is 24.5. The molecule has 1 rings (SSSR count). The lowest BCUT2D eigenvalue weighted by molar-refractivity contribution is -0.127. The van der Waals surface area contributed by atoms with Crippen LogP contribution < -0.4 is 16.0 Å². The number of hydrogen-bond acceptors (Lipinski definition) is 6. The predicted molar refractivity (Wildman–Crippen MR) is 109 cm³/mol. The summed E-state index contributed by atoms with van der Waals surface area (Å²) in [5, 5.41) is 25.7. The highest BCUT2D eigenvalue weighted by Crippen LogP contribution is 2.23. The molecule has 0 aliphatic heterocycles. The van der Waals surface area contributed by atoms with E-state index in [0.29, 0.717) is 12.5 Å². The van der Waals surface area contributed by atoms with Crippen molar-refractivity contribution in [1.82, 2.24) is 16.0 Å². The number of carbonyl (C=O) groups is 3. The molecule has 0 radical (unpaired) electrons. The van der Waals surface area contributed by atoms with E-state index in [1.165, 1.54) is 25.5 Å². The highest BCUT2D eigenvalue weighted by molar-refractivity contribution is 6.52. The van der Waals surface area contributed by atoms with Gasteiger partial charge in [0.05, 0.1) is 6.61 Å².